The van der Waals surface area contributed by atoms with Gasteiger partial charge in [-0.2, -0.15) is 0 Å². The number of nitrogens with zero attached hydrogens (tertiary/aromatic N) is 3. The zero-order valence-electron chi connectivity index (χ0n) is 9.51. The van der Waals surface area contributed by atoms with Crippen LogP contribution in [0, 0.1) is 5.82 Å². The molecular formula is C11H12ClFN4O. The van der Waals surface area contributed by atoms with E-state index in [0.717, 1.165) is 5.69 Å². The molecule has 1 heterocycles. The Balaban J connectivity index is 1.86. The number of nitrogens with two attached hydrogens (primary N) is 1. The summed E-state index contributed by atoms with van der Waals surface area (Å²) in [4.78, 5) is 0. The summed E-state index contributed by atoms with van der Waals surface area (Å²) in [6, 6.07) is 4.22. The average molecular weight is 271 g/mol. The van der Waals surface area contributed by atoms with Gasteiger partial charge in [0.15, 0.2) is 0 Å². The highest BCUT2D eigenvalue weighted by molar-refractivity contribution is 6.30. The molecule has 96 valence electrons. The fourth-order valence-electron chi connectivity index (χ4n) is 1.37. The molecule has 0 aliphatic carbocycles. The smallest absolute Gasteiger partial charge is 0.142 e. The Hall–Kier alpha value is -1.66. The second kappa shape index (κ2) is 5.79. The topological polar surface area (TPSA) is 66.0 Å². The Morgan fingerprint density at radius 2 is 2.28 bits per heavy atom. The van der Waals surface area contributed by atoms with E-state index in [2.05, 4.69) is 10.3 Å². The molecule has 0 fully saturated rings. The molecule has 5 nitrogen and oxygen atoms in total. The van der Waals surface area contributed by atoms with E-state index in [4.69, 9.17) is 22.1 Å². The van der Waals surface area contributed by atoms with Gasteiger partial charge in [-0.1, -0.05) is 16.8 Å². The van der Waals surface area contributed by atoms with E-state index in [1.165, 1.54) is 18.2 Å². The summed E-state index contributed by atoms with van der Waals surface area (Å²) in [5, 5.41) is 7.76. The van der Waals surface area contributed by atoms with E-state index >= 15 is 0 Å². The molecule has 0 spiro atoms. The van der Waals surface area contributed by atoms with Crippen LogP contribution in [0.5, 0.6) is 5.75 Å². The van der Waals surface area contributed by atoms with Crippen LogP contribution in [-0.4, -0.2) is 21.6 Å². The summed E-state index contributed by atoms with van der Waals surface area (Å²) in [7, 11) is 0. The number of benzene rings is 1. The van der Waals surface area contributed by atoms with E-state index in [0.29, 0.717) is 25.4 Å². The number of hydrogen-bond donors (Lipinski definition) is 1. The average Bonchev–Trinajstić information content (AvgIpc) is 2.82. The van der Waals surface area contributed by atoms with Gasteiger partial charge in [0.2, 0.25) is 0 Å². The standard InChI is InChI=1S/C11H12ClFN4O/c12-10-5-9(1-2-11(10)13)18-4-3-17-7-8(6-14)15-16-17/h1-2,5,7H,3-4,6,14H2. The van der Waals surface area contributed by atoms with Gasteiger partial charge in [0.25, 0.3) is 0 Å². The van der Waals surface area contributed by atoms with Crippen molar-refractivity contribution < 1.29 is 9.13 Å². The summed E-state index contributed by atoms with van der Waals surface area (Å²) < 4.78 is 20.0. The lowest BCUT2D eigenvalue weighted by Crippen LogP contribution is -2.08. The number of rotatable bonds is 5. The van der Waals surface area contributed by atoms with E-state index in [9.17, 15) is 4.39 Å². The number of hydrogen-bond acceptors (Lipinski definition) is 4. The molecule has 0 saturated heterocycles. The third kappa shape index (κ3) is 3.18. The Labute approximate surface area is 108 Å². The van der Waals surface area contributed by atoms with Crippen molar-refractivity contribution in [2.45, 2.75) is 13.1 Å². The van der Waals surface area contributed by atoms with Crippen LogP contribution < -0.4 is 10.5 Å². The Morgan fingerprint density at radius 3 is 2.94 bits per heavy atom. The van der Waals surface area contributed by atoms with Crippen LogP contribution in [-0.2, 0) is 13.1 Å². The molecule has 0 radical (unpaired) electrons. The van der Waals surface area contributed by atoms with Gasteiger partial charge >= 0.3 is 0 Å². The molecular weight excluding hydrogens is 259 g/mol. The van der Waals surface area contributed by atoms with E-state index in [1.807, 2.05) is 0 Å². The van der Waals surface area contributed by atoms with E-state index in [1.54, 1.807) is 10.9 Å². The largest absolute Gasteiger partial charge is 0.492 e. The third-order valence-electron chi connectivity index (χ3n) is 2.28. The summed E-state index contributed by atoms with van der Waals surface area (Å²) in [5.41, 5.74) is 6.14. The van der Waals surface area contributed by atoms with Crippen molar-refractivity contribution in [1.82, 2.24) is 15.0 Å². The van der Waals surface area contributed by atoms with Crippen molar-refractivity contribution in [2.75, 3.05) is 6.61 Å². The van der Waals surface area contributed by atoms with Crippen LogP contribution in [0.25, 0.3) is 0 Å². The lowest BCUT2D eigenvalue weighted by molar-refractivity contribution is 0.289. The zero-order valence-corrected chi connectivity index (χ0v) is 10.3. The molecule has 1 aromatic heterocycles. The molecule has 0 aliphatic heterocycles. The van der Waals surface area contributed by atoms with Gasteiger partial charge < -0.3 is 10.5 Å². The second-order valence-electron chi connectivity index (χ2n) is 3.60. The molecule has 2 N–H and O–H groups in total. The highest BCUT2D eigenvalue weighted by Gasteiger charge is 2.02. The molecule has 18 heavy (non-hydrogen) atoms. The van der Waals surface area contributed by atoms with Gasteiger partial charge in [0.05, 0.1) is 17.3 Å². The second-order valence-corrected chi connectivity index (χ2v) is 4.01. The Bertz CT molecular complexity index is 532. The molecule has 0 aliphatic rings. The molecule has 0 atom stereocenters. The van der Waals surface area contributed by atoms with Crippen molar-refractivity contribution in [1.29, 1.82) is 0 Å². The maximum atomic E-state index is 12.9. The minimum atomic E-state index is -0.465. The zero-order chi connectivity index (χ0) is 13.0. The quantitative estimate of drug-likeness (QED) is 0.896. The van der Waals surface area contributed by atoms with Gasteiger partial charge in [-0.25, -0.2) is 9.07 Å². The minimum Gasteiger partial charge on any atom is -0.492 e. The van der Waals surface area contributed by atoms with E-state index in [-0.39, 0.29) is 5.02 Å². The lowest BCUT2D eigenvalue weighted by Gasteiger charge is -2.06. The first-order valence-electron chi connectivity index (χ1n) is 5.36. The van der Waals surface area contributed by atoms with Gasteiger partial charge in [0, 0.05) is 18.8 Å². The molecule has 7 heteroatoms. The van der Waals surface area contributed by atoms with Crippen LogP contribution >= 0.6 is 11.6 Å². The normalized spacial score (nSPS) is 10.6. The first kappa shape index (κ1) is 12.8. The molecule has 0 unspecified atom stereocenters. The predicted molar refractivity (Wildman–Crippen MR) is 64.8 cm³/mol. The number of ether oxygens (including phenoxy) is 1. The molecule has 2 rings (SSSR count). The maximum absolute atomic E-state index is 12.9. The SMILES string of the molecule is NCc1cn(CCOc2ccc(F)c(Cl)c2)nn1. The minimum absolute atomic E-state index is 0.0404. The molecule has 1 aromatic carbocycles. The van der Waals surface area contributed by atoms with Crippen molar-refractivity contribution in [3.05, 3.63) is 40.9 Å². The van der Waals surface area contributed by atoms with Crippen molar-refractivity contribution >= 4 is 11.6 Å². The molecule has 0 saturated carbocycles. The molecule has 0 bridgehead atoms. The highest BCUT2D eigenvalue weighted by atomic mass is 35.5. The number of aromatic nitrogens is 3. The summed E-state index contributed by atoms with van der Waals surface area (Å²) >= 11 is 5.64. The maximum Gasteiger partial charge on any atom is 0.142 e. The van der Waals surface area contributed by atoms with Crippen LogP contribution in [0.2, 0.25) is 5.02 Å². The van der Waals surface area contributed by atoms with Crippen LogP contribution in [0.4, 0.5) is 4.39 Å². The molecule has 0 amide bonds. The van der Waals surface area contributed by atoms with Crippen LogP contribution in [0.1, 0.15) is 5.69 Å². The predicted octanol–water partition coefficient (Wildman–Crippen LogP) is 1.61. The lowest BCUT2D eigenvalue weighted by atomic mass is 10.3. The van der Waals surface area contributed by atoms with Gasteiger partial charge in [-0.05, 0) is 12.1 Å². The van der Waals surface area contributed by atoms with Gasteiger partial charge in [-0.3, -0.25) is 0 Å². The monoisotopic (exact) mass is 270 g/mol. The van der Waals surface area contributed by atoms with Gasteiger partial charge in [0.1, 0.15) is 18.2 Å². The fraction of sp³-hybridized carbons (Fsp3) is 0.273. The summed E-state index contributed by atoms with van der Waals surface area (Å²) in [6.45, 7) is 1.27. The number of halogens is 2. The Kier molecular flexibility index (Phi) is 4.11. The van der Waals surface area contributed by atoms with Crippen molar-refractivity contribution in [3.63, 3.8) is 0 Å². The first-order valence-corrected chi connectivity index (χ1v) is 5.74. The molecule has 2 aromatic rings. The van der Waals surface area contributed by atoms with Crippen LogP contribution in [0.3, 0.4) is 0 Å². The van der Waals surface area contributed by atoms with Crippen molar-refractivity contribution in [2.24, 2.45) is 5.73 Å². The van der Waals surface area contributed by atoms with Gasteiger partial charge in [-0.15, -0.1) is 5.10 Å². The summed E-state index contributed by atoms with van der Waals surface area (Å²) in [6.07, 6.45) is 1.75. The first-order chi connectivity index (χ1) is 8.69. The fourth-order valence-corrected chi connectivity index (χ4v) is 1.54. The van der Waals surface area contributed by atoms with Crippen molar-refractivity contribution in [3.8, 4) is 5.75 Å². The third-order valence-corrected chi connectivity index (χ3v) is 2.57. The Morgan fingerprint density at radius 1 is 1.44 bits per heavy atom. The van der Waals surface area contributed by atoms with Crippen LogP contribution in [0.15, 0.2) is 24.4 Å². The highest BCUT2D eigenvalue weighted by Crippen LogP contribution is 2.20. The summed E-state index contributed by atoms with van der Waals surface area (Å²) in [5.74, 6) is 0.0495. The van der Waals surface area contributed by atoms with E-state index < -0.39 is 5.82 Å².